The predicted molar refractivity (Wildman–Crippen MR) is 74.8 cm³/mol. The average Bonchev–Trinajstić information content (AvgIpc) is 3.19. The molecule has 1 aromatic carbocycles. The van der Waals surface area contributed by atoms with Crippen molar-refractivity contribution in [2.75, 3.05) is 6.54 Å². The first-order valence-electron chi connectivity index (χ1n) is 6.78. The number of nitrogens with zero attached hydrogens (tertiary/aromatic N) is 4. The lowest BCUT2D eigenvalue weighted by Gasteiger charge is -2.05. The fourth-order valence-electron chi connectivity index (χ4n) is 1.88. The molecule has 2 aromatic rings. The van der Waals surface area contributed by atoms with E-state index in [1.54, 1.807) is 10.7 Å². The molecule has 8 heteroatoms. The van der Waals surface area contributed by atoms with Gasteiger partial charge in [-0.1, -0.05) is 17.8 Å². The monoisotopic (exact) mass is 311 g/mol. The number of tetrazole rings is 1. The van der Waals surface area contributed by atoms with Gasteiger partial charge < -0.3 is 5.32 Å². The predicted octanol–water partition coefficient (Wildman–Crippen LogP) is 2.00. The number of aromatic nitrogens is 4. The van der Waals surface area contributed by atoms with Crippen LogP contribution in [0.15, 0.2) is 23.4 Å². The molecule has 0 radical (unpaired) electrons. The van der Waals surface area contributed by atoms with Crippen LogP contribution in [-0.2, 0) is 12.3 Å². The van der Waals surface area contributed by atoms with Gasteiger partial charge in [-0.15, -0.1) is 5.10 Å². The second kappa shape index (κ2) is 6.48. The van der Waals surface area contributed by atoms with Crippen LogP contribution in [0.2, 0.25) is 0 Å². The van der Waals surface area contributed by atoms with Crippen LogP contribution in [0.4, 0.5) is 8.78 Å². The largest absolute Gasteiger partial charge is 0.312 e. The molecule has 1 aliphatic carbocycles. The van der Waals surface area contributed by atoms with Crippen molar-refractivity contribution in [3.8, 4) is 0 Å². The summed E-state index contributed by atoms with van der Waals surface area (Å²) < 4.78 is 27.7. The standard InChI is InChI=1S/C13H15F2N5S/c14-11-4-1-9(7-12(11)15)8-21-13-17-18-19-20(13)6-5-16-10-2-3-10/h1,4,7,10,16H,2-3,5-6,8H2. The lowest BCUT2D eigenvalue weighted by atomic mass is 10.2. The van der Waals surface area contributed by atoms with E-state index in [0.29, 0.717) is 29.1 Å². The Morgan fingerprint density at radius 1 is 1.29 bits per heavy atom. The van der Waals surface area contributed by atoms with E-state index in [2.05, 4.69) is 20.8 Å². The second-order valence-electron chi connectivity index (χ2n) is 4.95. The van der Waals surface area contributed by atoms with Crippen molar-refractivity contribution in [2.45, 2.75) is 36.3 Å². The van der Waals surface area contributed by atoms with Gasteiger partial charge in [-0.05, 0) is 41.0 Å². The molecule has 0 atom stereocenters. The third-order valence-corrected chi connectivity index (χ3v) is 4.21. The van der Waals surface area contributed by atoms with Crippen molar-refractivity contribution >= 4 is 11.8 Å². The van der Waals surface area contributed by atoms with Gasteiger partial charge in [0.1, 0.15) is 0 Å². The summed E-state index contributed by atoms with van der Waals surface area (Å²) in [4.78, 5) is 0. The summed E-state index contributed by atoms with van der Waals surface area (Å²) >= 11 is 1.41. The molecule has 1 fully saturated rings. The van der Waals surface area contributed by atoms with Gasteiger partial charge in [0.15, 0.2) is 11.6 Å². The molecular formula is C13H15F2N5S. The Labute approximate surface area is 125 Å². The quantitative estimate of drug-likeness (QED) is 0.793. The maximum Gasteiger partial charge on any atom is 0.209 e. The van der Waals surface area contributed by atoms with Crippen molar-refractivity contribution in [3.63, 3.8) is 0 Å². The minimum Gasteiger partial charge on any atom is -0.312 e. The van der Waals surface area contributed by atoms with Crippen LogP contribution in [-0.4, -0.2) is 32.8 Å². The molecular weight excluding hydrogens is 296 g/mol. The third-order valence-electron chi connectivity index (χ3n) is 3.18. The fourth-order valence-corrected chi connectivity index (χ4v) is 2.73. The zero-order valence-corrected chi connectivity index (χ0v) is 12.1. The van der Waals surface area contributed by atoms with Gasteiger partial charge in [-0.3, -0.25) is 0 Å². The highest BCUT2D eigenvalue weighted by Gasteiger charge is 2.20. The van der Waals surface area contributed by atoms with Gasteiger partial charge >= 0.3 is 0 Å². The number of nitrogens with one attached hydrogen (secondary N) is 1. The van der Waals surface area contributed by atoms with Crippen LogP contribution in [0.5, 0.6) is 0 Å². The molecule has 0 saturated heterocycles. The first kappa shape index (κ1) is 14.4. The Balaban J connectivity index is 1.54. The first-order valence-corrected chi connectivity index (χ1v) is 7.77. The smallest absolute Gasteiger partial charge is 0.209 e. The number of hydrogen-bond donors (Lipinski definition) is 1. The normalized spacial score (nSPS) is 14.6. The summed E-state index contributed by atoms with van der Waals surface area (Å²) in [6.07, 6.45) is 2.49. The van der Waals surface area contributed by atoms with E-state index in [1.807, 2.05) is 0 Å². The van der Waals surface area contributed by atoms with Crippen molar-refractivity contribution < 1.29 is 8.78 Å². The third kappa shape index (κ3) is 3.98. The summed E-state index contributed by atoms with van der Waals surface area (Å²) in [7, 11) is 0. The van der Waals surface area contributed by atoms with Crippen molar-refractivity contribution in [1.29, 1.82) is 0 Å². The SMILES string of the molecule is Fc1ccc(CSc2nnnn2CCNC2CC2)cc1F. The van der Waals surface area contributed by atoms with Crippen LogP contribution in [0, 0.1) is 11.6 Å². The molecule has 0 spiro atoms. The Morgan fingerprint density at radius 2 is 2.14 bits per heavy atom. The number of halogens is 2. The van der Waals surface area contributed by atoms with Gasteiger partial charge in [-0.2, -0.15) is 0 Å². The van der Waals surface area contributed by atoms with Gasteiger partial charge in [0.25, 0.3) is 0 Å². The summed E-state index contributed by atoms with van der Waals surface area (Å²) in [6.45, 7) is 1.53. The average molecular weight is 311 g/mol. The van der Waals surface area contributed by atoms with Crippen LogP contribution < -0.4 is 5.32 Å². The first-order chi connectivity index (χ1) is 10.2. The molecule has 1 heterocycles. The number of benzene rings is 1. The Morgan fingerprint density at radius 3 is 2.90 bits per heavy atom. The lowest BCUT2D eigenvalue weighted by Crippen LogP contribution is -2.22. The highest BCUT2D eigenvalue weighted by molar-refractivity contribution is 7.98. The highest BCUT2D eigenvalue weighted by Crippen LogP contribution is 2.21. The highest BCUT2D eigenvalue weighted by atomic mass is 32.2. The van der Waals surface area contributed by atoms with E-state index in [9.17, 15) is 8.78 Å². The minimum absolute atomic E-state index is 0.494. The number of hydrogen-bond acceptors (Lipinski definition) is 5. The molecule has 1 aliphatic rings. The molecule has 0 aliphatic heterocycles. The maximum atomic E-state index is 13.1. The topological polar surface area (TPSA) is 55.6 Å². The second-order valence-corrected chi connectivity index (χ2v) is 5.89. The maximum absolute atomic E-state index is 13.1. The van der Waals surface area contributed by atoms with Crippen molar-refractivity contribution in [1.82, 2.24) is 25.5 Å². The van der Waals surface area contributed by atoms with Crippen LogP contribution in [0.1, 0.15) is 18.4 Å². The van der Waals surface area contributed by atoms with E-state index < -0.39 is 11.6 Å². The Bertz CT molecular complexity index is 614. The van der Waals surface area contributed by atoms with Crippen LogP contribution in [0.3, 0.4) is 0 Å². The Kier molecular flexibility index (Phi) is 4.45. The summed E-state index contributed by atoms with van der Waals surface area (Å²) in [5.74, 6) is -1.17. The molecule has 0 unspecified atom stereocenters. The molecule has 5 nitrogen and oxygen atoms in total. The number of rotatable bonds is 7. The molecule has 1 aromatic heterocycles. The van der Waals surface area contributed by atoms with Gasteiger partial charge in [0.2, 0.25) is 5.16 Å². The van der Waals surface area contributed by atoms with Crippen LogP contribution >= 0.6 is 11.8 Å². The molecule has 3 rings (SSSR count). The molecule has 21 heavy (non-hydrogen) atoms. The molecule has 1 N–H and O–H groups in total. The van der Waals surface area contributed by atoms with E-state index in [-0.39, 0.29) is 0 Å². The molecule has 0 amide bonds. The summed E-state index contributed by atoms with van der Waals surface area (Å²) in [5, 5.41) is 15.6. The van der Waals surface area contributed by atoms with Gasteiger partial charge in [0, 0.05) is 18.3 Å². The van der Waals surface area contributed by atoms with Crippen molar-refractivity contribution in [2.24, 2.45) is 0 Å². The van der Waals surface area contributed by atoms with Crippen LogP contribution in [0.25, 0.3) is 0 Å². The van der Waals surface area contributed by atoms with E-state index in [4.69, 9.17) is 0 Å². The van der Waals surface area contributed by atoms with Gasteiger partial charge in [0.05, 0.1) is 6.54 Å². The van der Waals surface area contributed by atoms with Gasteiger partial charge in [-0.25, -0.2) is 13.5 Å². The number of thioether (sulfide) groups is 1. The van der Waals surface area contributed by atoms with E-state index in [0.717, 1.165) is 12.6 Å². The molecule has 0 bridgehead atoms. The zero-order valence-electron chi connectivity index (χ0n) is 11.3. The zero-order chi connectivity index (χ0) is 14.7. The van der Waals surface area contributed by atoms with Crippen molar-refractivity contribution in [3.05, 3.63) is 35.4 Å². The summed E-state index contributed by atoms with van der Waals surface area (Å²) in [6, 6.07) is 4.55. The van der Waals surface area contributed by atoms with E-state index in [1.165, 1.54) is 30.7 Å². The fraction of sp³-hybridized carbons (Fsp3) is 0.462. The summed E-state index contributed by atoms with van der Waals surface area (Å²) in [5.41, 5.74) is 0.699. The minimum atomic E-state index is -0.834. The Hall–Kier alpha value is -1.54. The molecule has 112 valence electrons. The molecule has 1 saturated carbocycles. The van der Waals surface area contributed by atoms with E-state index >= 15 is 0 Å². The lowest BCUT2D eigenvalue weighted by molar-refractivity contribution is 0.507.